The van der Waals surface area contributed by atoms with Crippen molar-refractivity contribution in [3.63, 3.8) is 0 Å². The van der Waals surface area contributed by atoms with Crippen LogP contribution in [0.3, 0.4) is 0 Å². The van der Waals surface area contributed by atoms with Gasteiger partial charge >= 0.3 is 0 Å². The Morgan fingerprint density at radius 3 is 2.24 bits per heavy atom. The minimum atomic E-state index is -0.217. The van der Waals surface area contributed by atoms with E-state index in [2.05, 4.69) is 54.0 Å². The second kappa shape index (κ2) is 7.33. The second-order valence-electron chi connectivity index (χ2n) is 5.30. The van der Waals surface area contributed by atoms with Crippen LogP contribution >= 0.6 is 27.5 Å². The summed E-state index contributed by atoms with van der Waals surface area (Å²) in [6.07, 6.45) is 0. The maximum Gasteiger partial charge on any atom is 0.124 e. The number of alkyl halides is 1. The molecule has 2 rings (SSSR count). The first-order valence-corrected chi connectivity index (χ1v) is 8.42. The Morgan fingerprint density at radius 2 is 1.67 bits per heavy atom. The highest BCUT2D eigenvalue weighted by Gasteiger charge is 2.16. The number of halogens is 2. The molecule has 0 aliphatic heterocycles. The summed E-state index contributed by atoms with van der Waals surface area (Å²) in [5, 5.41) is -0.217. The van der Waals surface area contributed by atoms with Crippen molar-refractivity contribution in [2.45, 2.75) is 32.1 Å². The molecule has 1 nitrogen and oxygen atoms in total. The highest BCUT2D eigenvalue weighted by atomic mass is 79.9. The topological polar surface area (TPSA) is 9.23 Å². The summed E-state index contributed by atoms with van der Waals surface area (Å²) in [6, 6.07) is 14.5. The minimum absolute atomic E-state index is 0.217. The molecule has 0 saturated heterocycles. The van der Waals surface area contributed by atoms with Crippen LogP contribution in [0.1, 0.15) is 48.8 Å². The molecule has 0 N–H and O–H groups in total. The molecular weight excluding hydrogens is 348 g/mol. The van der Waals surface area contributed by atoms with Crippen LogP contribution in [0.15, 0.2) is 46.9 Å². The Labute approximate surface area is 140 Å². The summed E-state index contributed by atoms with van der Waals surface area (Å²) in [6.45, 7) is 6.99. The molecule has 1 unspecified atom stereocenters. The van der Waals surface area contributed by atoms with Gasteiger partial charge in [0.2, 0.25) is 0 Å². The molecule has 0 bridgehead atoms. The van der Waals surface area contributed by atoms with Crippen LogP contribution in [0.4, 0.5) is 0 Å². The molecule has 3 heteroatoms. The van der Waals surface area contributed by atoms with E-state index >= 15 is 0 Å². The summed E-state index contributed by atoms with van der Waals surface area (Å²) in [5.41, 5.74) is 3.40. The van der Waals surface area contributed by atoms with Gasteiger partial charge in [0.25, 0.3) is 0 Å². The van der Waals surface area contributed by atoms with E-state index in [1.165, 1.54) is 5.56 Å². The molecule has 0 aliphatic rings. The number of rotatable bonds is 5. The monoisotopic (exact) mass is 366 g/mol. The standard InChI is InChI=1S/C18H20BrClO/c1-4-21-17-10-9-15(19)11-16(17)18(20)14-7-5-13(6-8-14)12(2)3/h5-12,18H,4H2,1-3H3. The molecule has 2 aromatic carbocycles. The molecule has 0 amide bonds. The van der Waals surface area contributed by atoms with Crippen LogP contribution < -0.4 is 4.74 Å². The van der Waals surface area contributed by atoms with Crippen LogP contribution in [0.5, 0.6) is 5.75 Å². The normalized spacial score (nSPS) is 12.5. The first kappa shape index (κ1) is 16.4. The highest BCUT2D eigenvalue weighted by molar-refractivity contribution is 9.10. The Morgan fingerprint density at radius 1 is 1.05 bits per heavy atom. The molecule has 0 spiro atoms. The van der Waals surface area contributed by atoms with Gasteiger partial charge in [0.1, 0.15) is 5.75 Å². The van der Waals surface area contributed by atoms with Gasteiger partial charge in [0.15, 0.2) is 0 Å². The lowest BCUT2D eigenvalue weighted by atomic mass is 9.98. The summed E-state index contributed by atoms with van der Waals surface area (Å²) >= 11 is 10.2. The van der Waals surface area contributed by atoms with E-state index in [0.717, 1.165) is 21.3 Å². The molecule has 0 aliphatic carbocycles. The fourth-order valence-electron chi connectivity index (χ4n) is 2.23. The lowest BCUT2D eigenvalue weighted by Crippen LogP contribution is -2.00. The molecule has 21 heavy (non-hydrogen) atoms. The third-order valence-corrected chi connectivity index (χ3v) is 4.42. The smallest absolute Gasteiger partial charge is 0.124 e. The molecule has 0 saturated carbocycles. The Bertz CT molecular complexity index is 593. The van der Waals surface area contributed by atoms with E-state index < -0.39 is 0 Å². The first-order chi connectivity index (χ1) is 10.0. The maximum atomic E-state index is 6.68. The Hall–Kier alpha value is -0.990. The lowest BCUT2D eigenvalue weighted by molar-refractivity contribution is 0.337. The van der Waals surface area contributed by atoms with Gasteiger partial charge in [-0.3, -0.25) is 0 Å². The summed E-state index contributed by atoms with van der Waals surface area (Å²) in [7, 11) is 0. The molecule has 0 heterocycles. The van der Waals surface area contributed by atoms with E-state index in [9.17, 15) is 0 Å². The molecule has 1 atom stereocenters. The Balaban J connectivity index is 2.34. The molecule has 2 aromatic rings. The van der Waals surface area contributed by atoms with Gasteiger partial charge in [-0.1, -0.05) is 54.0 Å². The summed E-state index contributed by atoms with van der Waals surface area (Å²) in [5.74, 6) is 1.37. The first-order valence-electron chi connectivity index (χ1n) is 7.19. The Kier molecular flexibility index (Phi) is 5.72. The van der Waals surface area contributed by atoms with Crippen molar-refractivity contribution in [2.75, 3.05) is 6.61 Å². The van der Waals surface area contributed by atoms with Crippen molar-refractivity contribution in [3.05, 3.63) is 63.6 Å². The van der Waals surface area contributed by atoms with Crippen molar-refractivity contribution >= 4 is 27.5 Å². The summed E-state index contributed by atoms with van der Waals surface area (Å²) < 4.78 is 6.70. The van der Waals surface area contributed by atoms with Crippen LogP contribution in [0, 0.1) is 0 Å². The van der Waals surface area contributed by atoms with Gasteiger partial charge in [-0.15, -0.1) is 11.6 Å². The van der Waals surface area contributed by atoms with Gasteiger partial charge in [-0.2, -0.15) is 0 Å². The second-order valence-corrected chi connectivity index (χ2v) is 6.65. The van der Waals surface area contributed by atoms with E-state index in [4.69, 9.17) is 16.3 Å². The third kappa shape index (κ3) is 4.02. The van der Waals surface area contributed by atoms with Gasteiger partial charge < -0.3 is 4.74 Å². The fourth-order valence-corrected chi connectivity index (χ4v) is 2.93. The van der Waals surface area contributed by atoms with Crippen molar-refractivity contribution in [3.8, 4) is 5.75 Å². The van der Waals surface area contributed by atoms with Crippen molar-refractivity contribution in [1.82, 2.24) is 0 Å². The van der Waals surface area contributed by atoms with Crippen LogP contribution in [0.25, 0.3) is 0 Å². The zero-order valence-corrected chi connectivity index (χ0v) is 14.9. The lowest BCUT2D eigenvalue weighted by Gasteiger charge is -2.16. The zero-order chi connectivity index (χ0) is 15.4. The predicted octanol–water partition coefficient (Wildman–Crippen LogP) is 6.30. The quantitative estimate of drug-likeness (QED) is 0.563. The van der Waals surface area contributed by atoms with Crippen LogP contribution in [-0.4, -0.2) is 6.61 Å². The van der Waals surface area contributed by atoms with Gasteiger partial charge in [0, 0.05) is 10.0 Å². The predicted molar refractivity (Wildman–Crippen MR) is 93.5 cm³/mol. The van der Waals surface area contributed by atoms with Crippen LogP contribution in [-0.2, 0) is 0 Å². The van der Waals surface area contributed by atoms with Gasteiger partial charge in [-0.05, 0) is 42.2 Å². The maximum absolute atomic E-state index is 6.68. The van der Waals surface area contributed by atoms with E-state index in [1.807, 2.05) is 25.1 Å². The molecule has 0 fully saturated rings. The zero-order valence-electron chi connectivity index (χ0n) is 12.6. The molecular formula is C18H20BrClO. The molecule has 0 aromatic heterocycles. The van der Waals surface area contributed by atoms with Gasteiger partial charge in [-0.25, -0.2) is 0 Å². The van der Waals surface area contributed by atoms with Crippen molar-refractivity contribution in [2.24, 2.45) is 0 Å². The highest BCUT2D eigenvalue weighted by Crippen LogP contribution is 2.37. The third-order valence-electron chi connectivity index (χ3n) is 3.44. The van der Waals surface area contributed by atoms with E-state index in [1.54, 1.807) is 0 Å². The van der Waals surface area contributed by atoms with E-state index in [-0.39, 0.29) is 5.38 Å². The number of benzene rings is 2. The molecule has 0 radical (unpaired) electrons. The number of hydrogen-bond donors (Lipinski definition) is 0. The molecule has 112 valence electrons. The van der Waals surface area contributed by atoms with Crippen molar-refractivity contribution < 1.29 is 4.74 Å². The van der Waals surface area contributed by atoms with Gasteiger partial charge in [0.05, 0.1) is 12.0 Å². The number of hydrogen-bond acceptors (Lipinski definition) is 1. The van der Waals surface area contributed by atoms with E-state index in [0.29, 0.717) is 12.5 Å². The largest absolute Gasteiger partial charge is 0.494 e. The minimum Gasteiger partial charge on any atom is -0.494 e. The average molecular weight is 368 g/mol. The fraction of sp³-hybridized carbons (Fsp3) is 0.333. The average Bonchev–Trinajstić information content (AvgIpc) is 2.48. The van der Waals surface area contributed by atoms with Crippen LogP contribution in [0.2, 0.25) is 0 Å². The summed E-state index contributed by atoms with van der Waals surface area (Å²) in [4.78, 5) is 0. The SMILES string of the molecule is CCOc1ccc(Br)cc1C(Cl)c1ccc(C(C)C)cc1. The van der Waals surface area contributed by atoms with Crippen molar-refractivity contribution in [1.29, 1.82) is 0 Å². The number of ether oxygens (including phenoxy) is 1.